The van der Waals surface area contributed by atoms with Crippen molar-refractivity contribution in [2.45, 2.75) is 55.6 Å². The summed E-state index contributed by atoms with van der Waals surface area (Å²) < 4.78 is 30.0. The van der Waals surface area contributed by atoms with Crippen molar-refractivity contribution >= 4 is 21.7 Å². The molecule has 1 fully saturated rings. The number of nitriles is 1. The first kappa shape index (κ1) is 20.9. The number of nitrogens with one attached hydrogen (secondary N) is 1. The van der Waals surface area contributed by atoms with Gasteiger partial charge in [0.05, 0.1) is 17.4 Å². The molecule has 0 bridgehead atoms. The number of benzene rings is 1. The molecular formula is C19H24N2O5S. The van der Waals surface area contributed by atoms with Gasteiger partial charge in [0, 0.05) is 6.54 Å². The predicted molar refractivity (Wildman–Crippen MR) is 98.5 cm³/mol. The van der Waals surface area contributed by atoms with Crippen LogP contribution in [0.25, 0.3) is 0 Å². The first-order chi connectivity index (χ1) is 12.7. The van der Waals surface area contributed by atoms with Crippen LogP contribution in [0.5, 0.6) is 0 Å². The third-order valence-corrected chi connectivity index (χ3v) is 7.46. The zero-order chi connectivity index (χ0) is 20.1. The minimum Gasteiger partial charge on any atom is -0.454 e. The second-order valence-electron chi connectivity index (χ2n) is 6.79. The molecule has 0 heterocycles. The molecule has 0 unspecified atom stereocenters. The number of rotatable bonds is 7. The first-order valence-electron chi connectivity index (χ1n) is 8.87. The summed E-state index contributed by atoms with van der Waals surface area (Å²) in [5.74, 6) is -1.44. The molecular weight excluding hydrogens is 368 g/mol. The molecule has 8 heteroatoms. The highest BCUT2D eigenvalue weighted by atomic mass is 32.2. The summed E-state index contributed by atoms with van der Waals surface area (Å²) in [5.41, 5.74) is 1.79. The van der Waals surface area contributed by atoms with Crippen LogP contribution in [0.3, 0.4) is 0 Å². The fraction of sp³-hybridized carbons (Fsp3) is 0.526. The maximum atomic E-state index is 13.3. The lowest BCUT2D eigenvalue weighted by atomic mass is 10.1. The second-order valence-corrected chi connectivity index (χ2v) is 9.04. The number of sulfone groups is 1. The summed E-state index contributed by atoms with van der Waals surface area (Å²) in [5, 5.41) is 10.9. The minimum absolute atomic E-state index is 0.0999. The highest BCUT2D eigenvalue weighted by molar-refractivity contribution is 7.93. The summed E-state index contributed by atoms with van der Waals surface area (Å²) in [6, 6.07) is 6.69. The van der Waals surface area contributed by atoms with Gasteiger partial charge in [0.1, 0.15) is 0 Å². The van der Waals surface area contributed by atoms with Crippen molar-refractivity contribution < 1.29 is 22.7 Å². The van der Waals surface area contributed by atoms with Crippen LogP contribution < -0.4 is 5.32 Å². The van der Waals surface area contributed by atoms with Crippen LogP contribution >= 0.6 is 0 Å². The standard InChI is InChI=1S/C19H24N2O5S/c1-14-6-7-16(12-15(14)2)27(24,25)19(8-3-4-9-19)18(23)26-13-17(22)21-11-5-10-20/h6-7,12H,3-5,8-9,11,13H2,1-2H3,(H,21,22). The van der Waals surface area contributed by atoms with Gasteiger partial charge >= 0.3 is 5.97 Å². The number of carbonyl (C=O) groups is 2. The van der Waals surface area contributed by atoms with Gasteiger partial charge in [0.2, 0.25) is 0 Å². The van der Waals surface area contributed by atoms with E-state index >= 15 is 0 Å². The Morgan fingerprint density at radius 3 is 2.48 bits per heavy atom. The van der Waals surface area contributed by atoms with E-state index in [1.165, 1.54) is 6.07 Å². The van der Waals surface area contributed by atoms with Gasteiger partial charge in [-0.25, -0.2) is 8.42 Å². The van der Waals surface area contributed by atoms with E-state index in [9.17, 15) is 18.0 Å². The van der Waals surface area contributed by atoms with Crippen LogP contribution in [-0.2, 0) is 24.2 Å². The molecule has 1 aromatic rings. The Labute approximate surface area is 159 Å². The summed E-state index contributed by atoms with van der Waals surface area (Å²) in [7, 11) is -3.96. The number of esters is 1. The van der Waals surface area contributed by atoms with Crippen molar-refractivity contribution in [2.24, 2.45) is 0 Å². The van der Waals surface area contributed by atoms with E-state index in [-0.39, 0.29) is 30.7 Å². The zero-order valence-corrected chi connectivity index (χ0v) is 16.4. The molecule has 7 nitrogen and oxygen atoms in total. The van der Waals surface area contributed by atoms with Crippen LogP contribution in [0.4, 0.5) is 0 Å². The molecule has 0 spiro atoms. The first-order valence-corrected chi connectivity index (χ1v) is 10.4. The monoisotopic (exact) mass is 392 g/mol. The van der Waals surface area contributed by atoms with Gasteiger partial charge in [-0.2, -0.15) is 5.26 Å². The molecule has 2 rings (SSSR count). The molecule has 146 valence electrons. The Morgan fingerprint density at radius 1 is 1.22 bits per heavy atom. The van der Waals surface area contributed by atoms with Gasteiger partial charge in [-0.05, 0) is 49.9 Å². The molecule has 1 N–H and O–H groups in total. The molecule has 1 aromatic carbocycles. The lowest BCUT2D eigenvalue weighted by Crippen LogP contribution is -2.46. The van der Waals surface area contributed by atoms with Gasteiger partial charge < -0.3 is 10.1 Å². The van der Waals surface area contributed by atoms with E-state index in [4.69, 9.17) is 10.00 Å². The van der Waals surface area contributed by atoms with Crippen molar-refractivity contribution in [2.75, 3.05) is 13.2 Å². The van der Waals surface area contributed by atoms with E-state index in [0.29, 0.717) is 12.8 Å². The van der Waals surface area contributed by atoms with Gasteiger partial charge in [-0.3, -0.25) is 9.59 Å². The molecule has 27 heavy (non-hydrogen) atoms. The van der Waals surface area contributed by atoms with Crippen molar-refractivity contribution in [3.05, 3.63) is 29.3 Å². The van der Waals surface area contributed by atoms with Crippen molar-refractivity contribution in [1.82, 2.24) is 5.32 Å². The van der Waals surface area contributed by atoms with Crippen molar-refractivity contribution in [3.63, 3.8) is 0 Å². The average Bonchev–Trinajstić information content (AvgIpc) is 3.14. The maximum Gasteiger partial charge on any atom is 0.328 e. The molecule has 0 aromatic heterocycles. The van der Waals surface area contributed by atoms with Gasteiger partial charge in [0.15, 0.2) is 21.2 Å². The normalized spacial score (nSPS) is 15.7. The lowest BCUT2D eigenvalue weighted by molar-refractivity contribution is -0.151. The average molecular weight is 392 g/mol. The SMILES string of the molecule is Cc1ccc(S(=O)(=O)C2(C(=O)OCC(=O)NCCC#N)CCCC2)cc1C. The molecule has 1 aliphatic carbocycles. The summed E-state index contributed by atoms with van der Waals surface area (Å²) >= 11 is 0. The number of carbonyl (C=O) groups excluding carboxylic acids is 2. The number of amides is 1. The third kappa shape index (κ3) is 4.30. The summed E-state index contributed by atoms with van der Waals surface area (Å²) in [6.45, 7) is 3.29. The summed E-state index contributed by atoms with van der Waals surface area (Å²) in [4.78, 5) is 24.5. The Bertz CT molecular complexity index is 865. The molecule has 1 aliphatic rings. The second kappa shape index (κ2) is 8.53. The van der Waals surface area contributed by atoms with E-state index in [1.54, 1.807) is 12.1 Å². The van der Waals surface area contributed by atoms with Crippen LogP contribution in [0.2, 0.25) is 0 Å². The van der Waals surface area contributed by atoms with E-state index in [0.717, 1.165) is 11.1 Å². The highest BCUT2D eigenvalue weighted by Gasteiger charge is 2.54. The van der Waals surface area contributed by atoms with Crippen LogP contribution in [0.15, 0.2) is 23.1 Å². The minimum atomic E-state index is -3.96. The van der Waals surface area contributed by atoms with E-state index in [1.807, 2.05) is 19.9 Å². The van der Waals surface area contributed by atoms with Crippen LogP contribution in [-0.4, -0.2) is 38.2 Å². The van der Waals surface area contributed by atoms with Gasteiger partial charge in [-0.15, -0.1) is 0 Å². The Hall–Kier alpha value is -2.40. The van der Waals surface area contributed by atoms with Crippen molar-refractivity contribution in [3.8, 4) is 6.07 Å². The molecule has 0 radical (unpaired) electrons. The fourth-order valence-electron chi connectivity index (χ4n) is 3.21. The number of ether oxygens (including phenoxy) is 1. The lowest BCUT2D eigenvalue weighted by Gasteiger charge is -2.26. The number of aryl methyl sites for hydroxylation is 2. The van der Waals surface area contributed by atoms with E-state index in [2.05, 4.69) is 5.32 Å². The fourth-order valence-corrected chi connectivity index (χ4v) is 5.34. The van der Waals surface area contributed by atoms with Gasteiger partial charge in [-0.1, -0.05) is 18.9 Å². The third-order valence-electron chi connectivity index (χ3n) is 4.98. The summed E-state index contributed by atoms with van der Waals surface area (Å²) in [6.07, 6.45) is 1.71. The zero-order valence-electron chi connectivity index (χ0n) is 15.6. The van der Waals surface area contributed by atoms with Gasteiger partial charge in [0.25, 0.3) is 5.91 Å². The smallest absolute Gasteiger partial charge is 0.328 e. The number of hydrogen-bond donors (Lipinski definition) is 1. The Kier molecular flexibility index (Phi) is 6.60. The quantitative estimate of drug-likeness (QED) is 0.560. The van der Waals surface area contributed by atoms with Crippen LogP contribution in [0, 0.1) is 25.2 Å². The molecule has 1 saturated carbocycles. The number of hydrogen-bond acceptors (Lipinski definition) is 6. The molecule has 0 aliphatic heterocycles. The predicted octanol–water partition coefficient (Wildman–Crippen LogP) is 1.96. The molecule has 1 amide bonds. The van der Waals surface area contributed by atoms with Crippen molar-refractivity contribution in [1.29, 1.82) is 5.26 Å². The number of nitrogens with zero attached hydrogens (tertiary/aromatic N) is 1. The largest absolute Gasteiger partial charge is 0.454 e. The highest BCUT2D eigenvalue weighted by Crippen LogP contribution is 2.41. The van der Waals surface area contributed by atoms with E-state index < -0.39 is 33.1 Å². The van der Waals surface area contributed by atoms with Crippen LogP contribution in [0.1, 0.15) is 43.2 Å². The molecule has 0 atom stereocenters. The molecule has 0 saturated heterocycles. The topological polar surface area (TPSA) is 113 Å². The maximum absolute atomic E-state index is 13.3. The Morgan fingerprint density at radius 2 is 1.89 bits per heavy atom. The Balaban J connectivity index is 2.21.